The summed E-state index contributed by atoms with van der Waals surface area (Å²) in [7, 11) is 1.86. The Morgan fingerprint density at radius 2 is 2.17 bits per heavy atom. The molecule has 0 bridgehead atoms. The van der Waals surface area contributed by atoms with E-state index >= 15 is 0 Å². The lowest BCUT2D eigenvalue weighted by Crippen LogP contribution is -2.35. The molecule has 0 radical (unpaired) electrons. The Morgan fingerprint density at radius 3 is 2.58 bits per heavy atom. The zero-order valence-corrected chi connectivity index (χ0v) is 7.31. The van der Waals surface area contributed by atoms with Gasteiger partial charge >= 0.3 is 6.43 Å². The molecule has 5 heteroatoms. The van der Waals surface area contributed by atoms with Gasteiger partial charge in [0.05, 0.1) is 0 Å². The smallest absolute Gasteiger partial charge is 0.315 e. The van der Waals surface area contributed by atoms with Crippen LogP contribution in [0.4, 0.5) is 8.78 Å². The SMILES string of the molecule is CCN(C)CCNC(=O)C(F)F. The van der Waals surface area contributed by atoms with Gasteiger partial charge < -0.3 is 10.2 Å². The second kappa shape index (κ2) is 5.88. The van der Waals surface area contributed by atoms with Crippen LogP contribution in [0.25, 0.3) is 0 Å². The van der Waals surface area contributed by atoms with E-state index in [2.05, 4.69) is 5.32 Å². The second-order valence-corrected chi connectivity index (χ2v) is 2.49. The lowest BCUT2D eigenvalue weighted by molar-refractivity contribution is -0.131. The van der Waals surface area contributed by atoms with Gasteiger partial charge in [0.15, 0.2) is 0 Å². The molecule has 0 saturated carbocycles. The normalized spacial score (nSPS) is 10.8. The number of rotatable bonds is 5. The Balaban J connectivity index is 3.37. The third-order valence-electron chi connectivity index (χ3n) is 1.53. The zero-order chi connectivity index (χ0) is 9.56. The number of amides is 1. The molecule has 0 fully saturated rings. The number of carbonyl (C=O) groups is 1. The van der Waals surface area contributed by atoms with Crippen LogP contribution in [0.3, 0.4) is 0 Å². The van der Waals surface area contributed by atoms with Gasteiger partial charge in [-0.15, -0.1) is 0 Å². The van der Waals surface area contributed by atoms with Crippen LogP contribution in [0.5, 0.6) is 0 Å². The van der Waals surface area contributed by atoms with E-state index in [9.17, 15) is 13.6 Å². The Hall–Kier alpha value is -0.710. The van der Waals surface area contributed by atoms with E-state index in [1.807, 2.05) is 18.9 Å². The summed E-state index contributed by atoms with van der Waals surface area (Å²) in [5.41, 5.74) is 0. The summed E-state index contributed by atoms with van der Waals surface area (Å²) >= 11 is 0. The topological polar surface area (TPSA) is 32.3 Å². The molecule has 0 unspecified atom stereocenters. The molecule has 12 heavy (non-hydrogen) atoms. The molecule has 0 aliphatic rings. The molecule has 0 aromatic rings. The number of likely N-dealkylation sites (N-methyl/N-ethyl adjacent to an activating group) is 1. The van der Waals surface area contributed by atoms with Gasteiger partial charge in [-0.3, -0.25) is 4.79 Å². The van der Waals surface area contributed by atoms with E-state index in [0.29, 0.717) is 6.54 Å². The highest BCUT2D eigenvalue weighted by atomic mass is 19.3. The van der Waals surface area contributed by atoms with Gasteiger partial charge in [-0.25, -0.2) is 0 Å². The molecule has 0 aromatic heterocycles. The summed E-state index contributed by atoms with van der Waals surface area (Å²) in [6, 6.07) is 0. The number of hydrogen-bond donors (Lipinski definition) is 1. The molecule has 1 N–H and O–H groups in total. The average molecular weight is 180 g/mol. The van der Waals surface area contributed by atoms with Crippen molar-refractivity contribution < 1.29 is 13.6 Å². The molecular weight excluding hydrogens is 166 g/mol. The molecule has 0 rings (SSSR count). The Labute approximate surface area is 70.7 Å². The molecule has 0 heterocycles. The highest BCUT2D eigenvalue weighted by Crippen LogP contribution is 1.90. The van der Waals surface area contributed by atoms with Crippen LogP contribution in [-0.2, 0) is 4.79 Å². The number of nitrogens with zero attached hydrogens (tertiary/aromatic N) is 1. The van der Waals surface area contributed by atoms with Crippen LogP contribution in [0.15, 0.2) is 0 Å². The Bertz CT molecular complexity index is 141. The number of alkyl halides is 2. The van der Waals surface area contributed by atoms with Crippen LogP contribution >= 0.6 is 0 Å². The van der Waals surface area contributed by atoms with Gasteiger partial charge in [0.1, 0.15) is 0 Å². The fraction of sp³-hybridized carbons (Fsp3) is 0.857. The number of hydrogen-bond acceptors (Lipinski definition) is 2. The highest BCUT2D eigenvalue weighted by molar-refractivity contribution is 5.78. The first-order chi connectivity index (χ1) is 5.57. The first-order valence-corrected chi connectivity index (χ1v) is 3.82. The minimum absolute atomic E-state index is 0.271. The Kier molecular flexibility index (Phi) is 5.53. The van der Waals surface area contributed by atoms with Crippen molar-refractivity contribution in [1.29, 1.82) is 0 Å². The Morgan fingerprint density at radius 1 is 1.58 bits per heavy atom. The predicted molar refractivity (Wildman–Crippen MR) is 42.2 cm³/mol. The molecule has 1 amide bonds. The van der Waals surface area contributed by atoms with Crippen molar-refractivity contribution in [3.63, 3.8) is 0 Å². The van der Waals surface area contributed by atoms with E-state index in [0.717, 1.165) is 6.54 Å². The molecule has 3 nitrogen and oxygen atoms in total. The van der Waals surface area contributed by atoms with Gasteiger partial charge in [-0.1, -0.05) is 6.92 Å². The molecule has 0 saturated heterocycles. The quantitative estimate of drug-likeness (QED) is 0.660. The maximum Gasteiger partial charge on any atom is 0.315 e. The molecule has 0 aromatic carbocycles. The van der Waals surface area contributed by atoms with Crippen molar-refractivity contribution in [2.45, 2.75) is 13.3 Å². The molecule has 0 spiro atoms. The van der Waals surface area contributed by atoms with E-state index < -0.39 is 12.3 Å². The molecule has 0 atom stereocenters. The fourth-order valence-corrected chi connectivity index (χ4v) is 0.605. The van der Waals surface area contributed by atoms with Gasteiger partial charge in [0.25, 0.3) is 5.91 Å². The van der Waals surface area contributed by atoms with Crippen molar-refractivity contribution in [3.8, 4) is 0 Å². The number of nitrogens with one attached hydrogen (secondary N) is 1. The summed E-state index contributed by atoms with van der Waals surface area (Å²) < 4.78 is 23.2. The van der Waals surface area contributed by atoms with Gasteiger partial charge in [0, 0.05) is 13.1 Å². The summed E-state index contributed by atoms with van der Waals surface area (Å²) in [5, 5.41) is 2.12. The van der Waals surface area contributed by atoms with Crippen LogP contribution in [0.2, 0.25) is 0 Å². The average Bonchev–Trinajstić information content (AvgIpc) is 2.03. The zero-order valence-electron chi connectivity index (χ0n) is 7.31. The van der Waals surface area contributed by atoms with Crippen molar-refractivity contribution in [1.82, 2.24) is 10.2 Å². The fourth-order valence-electron chi connectivity index (χ4n) is 0.605. The van der Waals surface area contributed by atoms with Crippen molar-refractivity contribution in [3.05, 3.63) is 0 Å². The van der Waals surface area contributed by atoms with Gasteiger partial charge in [-0.2, -0.15) is 8.78 Å². The van der Waals surface area contributed by atoms with Crippen molar-refractivity contribution in [2.75, 3.05) is 26.7 Å². The monoisotopic (exact) mass is 180 g/mol. The molecule has 0 aliphatic heterocycles. The first kappa shape index (κ1) is 11.3. The minimum atomic E-state index is -2.91. The standard InChI is InChI=1S/C7H14F2N2O/c1-3-11(2)5-4-10-7(12)6(8)9/h6H,3-5H2,1-2H3,(H,10,12). The number of halogens is 2. The van der Waals surface area contributed by atoms with Gasteiger partial charge in [0.2, 0.25) is 0 Å². The maximum atomic E-state index is 11.6. The van der Waals surface area contributed by atoms with E-state index in [1.54, 1.807) is 0 Å². The third kappa shape index (κ3) is 5.01. The lowest BCUT2D eigenvalue weighted by atomic mass is 10.5. The summed E-state index contributed by atoms with van der Waals surface area (Å²) in [4.78, 5) is 12.3. The van der Waals surface area contributed by atoms with Crippen LogP contribution < -0.4 is 5.32 Å². The van der Waals surface area contributed by atoms with E-state index in [1.165, 1.54) is 0 Å². The summed E-state index contributed by atoms with van der Waals surface area (Å²) in [6.45, 7) is 3.65. The predicted octanol–water partition coefficient (Wildman–Crippen LogP) is 0.319. The first-order valence-electron chi connectivity index (χ1n) is 3.82. The molecular formula is C7H14F2N2O. The van der Waals surface area contributed by atoms with Crippen molar-refractivity contribution in [2.24, 2.45) is 0 Å². The van der Waals surface area contributed by atoms with Crippen LogP contribution in [-0.4, -0.2) is 43.9 Å². The molecule has 0 aliphatic carbocycles. The third-order valence-corrected chi connectivity index (χ3v) is 1.53. The molecule has 72 valence electrons. The highest BCUT2D eigenvalue weighted by Gasteiger charge is 2.13. The van der Waals surface area contributed by atoms with E-state index in [-0.39, 0.29) is 6.54 Å². The van der Waals surface area contributed by atoms with E-state index in [4.69, 9.17) is 0 Å². The second-order valence-electron chi connectivity index (χ2n) is 2.49. The minimum Gasteiger partial charge on any atom is -0.350 e. The maximum absolute atomic E-state index is 11.6. The van der Waals surface area contributed by atoms with Crippen LogP contribution in [0, 0.1) is 0 Å². The van der Waals surface area contributed by atoms with Crippen molar-refractivity contribution >= 4 is 5.91 Å². The largest absolute Gasteiger partial charge is 0.350 e. The lowest BCUT2D eigenvalue weighted by Gasteiger charge is -2.13. The van der Waals surface area contributed by atoms with Crippen LogP contribution in [0.1, 0.15) is 6.92 Å². The summed E-state index contributed by atoms with van der Waals surface area (Å²) in [6.07, 6.45) is -2.91. The number of carbonyl (C=O) groups excluding carboxylic acids is 1. The summed E-state index contributed by atoms with van der Waals surface area (Å²) in [5.74, 6) is -1.19. The van der Waals surface area contributed by atoms with Gasteiger partial charge in [-0.05, 0) is 13.6 Å².